The molecule has 0 aromatic carbocycles. The highest BCUT2D eigenvalue weighted by Crippen LogP contribution is 2.34. The molecular formula is C15H25N3O. The van der Waals surface area contributed by atoms with Crippen LogP contribution < -0.4 is 11.1 Å². The summed E-state index contributed by atoms with van der Waals surface area (Å²) in [6, 6.07) is 4.09. The van der Waals surface area contributed by atoms with E-state index in [0.717, 1.165) is 5.56 Å². The van der Waals surface area contributed by atoms with Gasteiger partial charge in [0, 0.05) is 18.9 Å². The Morgan fingerprint density at radius 2 is 2.11 bits per heavy atom. The first-order chi connectivity index (χ1) is 9.27. The predicted octanol–water partition coefficient (Wildman–Crippen LogP) is 2.52. The molecule has 1 aliphatic carbocycles. The lowest BCUT2D eigenvalue weighted by Crippen LogP contribution is -2.38. The van der Waals surface area contributed by atoms with Gasteiger partial charge in [-0.3, -0.25) is 0 Å². The van der Waals surface area contributed by atoms with Gasteiger partial charge in [0.2, 0.25) is 0 Å². The molecule has 19 heavy (non-hydrogen) atoms. The Balaban J connectivity index is 2.20. The first-order valence-corrected chi connectivity index (χ1v) is 7.18. The summed E-state index contributed by atoms with van der Waals surface area (Å²) in [6.07, 6.45) is 8.36. The van der Waals surface area contributed by atoms with Crippen molar-refractivity contribution in [2.75, 3.05) is 19.9 Å². The molecule has 0 saturated heterocycles. The van der Waals surface area contributed by atoms with Gasteiger partial charge in [0.15, 0.2) is 0 Å². The van der Waals surface area contributed by atoms with E-state index < -0.39 is 0 Å². The smallest absolute Gasteiger partial charge is 0.128 e. The SMILES string of the molecule is CNC(c1cccnc1N)C(OC)C1CCCCC1. The minimum atomic E-state index is 0.113. The largest absolute Gasteiger partial charge is 0.383 e. The molecule has 4 heteroatoms. The number of ether oxygens (including phenoxy) is 1. The van der Waals surface area contributed by atoms with Crippen molar-refractivity contribution < 1.29 is 4.74 Å². The number of rotatable bonds is 5. The number of nitrogens with one attached hydrogen (secondary N) is 1. The number of nitrogens with two attached hydrogens (primary N) is 1. The molecule has 1 aromatic heterocycles. The summed E-state index contributed by atoms with van der Waals surface area (Å²) >= 11 is 0. The maximum atomic E-state index is 6.01. The Bertz CT molecular complexity index is 391. The lowest BCUT2D eigenvalue weighted by Gasteiger charge is -2.35. The van der Waals surface area contributed by atoms with Crippen LogP contribution in [0.25, 0.3) is 0 Å². The molecule has 0 amide bonds. The number of anilines is 1. The summed E-state index contributed by atoms with van der Waals surface area (Å²) in [5.74, 6) is 1.20. The van der Waals surface area contributed by atoms with Crippen LogP contribution in [0.1, 0.15) is 43.7 Å². The van der Waals surface area contributed by atoms with E-state index in [1.54, 1.807) is 13.3 Å². The van der Waals surface area contributed by atoms with Crippen molar-refractivity contribution >= 4 is 5.82 Å². The van der Waals surface area contributed by atoms with Crippen molar-refractivity contribution in [2.24, 2.45) is 5.92 Å². The molecule has 1 aromatic rings. The summed E-state index contributed by atoms with van der Waals surface area (Å²) in [5, 5.41) is 3.36. The van der Waals surface area contributed by atoms with Crippen molar-refractivity contribution in [3.63, 3.8) is 0 Å². The van der Waals surface area contributed by atoms with Crippen molar-refractivity contribution in [1.29, 1.82) is 0 Å². The molecule has 0 spiro atoms. The molecule has 1 saturated carbocycles. The van der Waals surface area contributed by atoms with Gasteiger partial charge in [-0.15, -0.1) is 0 Å². The van der Waals surface area contributed by atoms with Crippen LogP contribution in [0, 0.1) is 5.92 Å². The average molecular weight is 263 g/mol. The molecule has 2 atom stereocenters. The van der Waals surface area contributed by atoms with E-state index in [9.17, 15) is 0 Å². The van der Waals surface area contributed by atoms with Gasteiger partial charge in [-0.05, 0) is 31.9 Å². The van der Waals surface area contributed by atoms with E-state index >= 15 is 0 Å². The maximum absolute atomic E-state index is 6.01. The Labute approximate surface area is 115 Å². The van der Waals surface area contributed by atoms with Gasteiger partial charge in [0.05, 0.1) is 12.1 Å². The van der Waals surface area contributed by atoms with E-state index in [4.69, 9.17) is 10.5 Å². The Morgan fingerprint density at radius 1 is 1.37 bits per heavy atom. The minimum Gasteiger partial charge on any atom is -0.383 e. The molecule has 1 heterocycles. The lowest BCUT2D eigenvalue weighted by atomic mass is 9.81. The van der Waals surface area contributed by atoms with Gasteiger partial charge in [0.1, 0.15) is 5.82 Å². The molecule has 2 rings (SSSR count). The van der Waals surface area contributed by atoms with Gasteiger partial charge in [0.25, 0.3) is 0 Å². The number of hydrogen-bond acceptors (Lipinski definition) is 4. The van der Waals surface area contributed by atoms with E-state index in [-0.39, 0.29) is 12.1 Å². The first-order valence-electron chi connectivity index (χ1n) is 7.18. The molecule has 1 aliphatic rings. The third-order valence-electron chi connectivity index (χ3n) is 4.23. The van der Waals surface area contributed by atoms with Gasteiger partial charge in [-0.1, -0.05) is 25.3 Å². The summed E-state index contributed by atoms with van der Waals surface area (Å²) in [6.45, 7) is 0. The fourth-order valence-corrected chi connectivity index (χ4v) is 3.25. The fourth-order valence-electron chi connectivity index (χ4n) is 3.25. The molecule has 106 valence electrons. The van der Waals surface area contributed by atoms with Crippen LogP contribution in [0.2, 0.25) is 0 Å². The maximum Gasteiger partial charge on any atom is 0.128 e. The first kappa shape index (κ1) is 14.3. The van der Waals surface area contributed by atoms with Crippen molar-refractivity contribution in [3.05, 3.63) is 23.9 Å². The van der Waals surface area contributed by atoms with Crippen LogP contribution in [0.3, 0.4) is 0 Å². The molecule has 0 bridgehead atoms. The topological polar surface area (TPSA) is 60.2 Å². The highest BCUT2D eigenvalue weighted by molar-refractivity contribution is 5.41. The second kappa shape index (κ2) is 6.87. The lowest BCUT2D eigenvalue weighted by molar-refractivity contribution is 0.00952. The number of hydrogen-bond donors (Lipinski definition) is 2. The fraction of sp³-hybridized carbons (Fsp3) is 0.667. The van der Waals surface area contributed by atoms with Crippen molar-refractivity contribution in [3.8, 4) is 0 Å². The van der Waals surface area contributed by atoms with Crippen molar-refractivity contribution in [1.82, 2.24) is 10.3 Å². The molecule has 2 unspecified atom stereocenters. The Morgan fingerprint density at radius 3 is 2.68 bits per heavy atom. The average Bonchev–Trinajstić information content (AvgIpc) is 2.46. The van der Waals surface area contributed by atoms with Gasteiger partial charge in [-0.25, -0.2) is 4.98 Å². The summed E-state index contributed by atoms with van der Waals surface area (Å²) < 4.78 is 5.81. The van der Waals surface area contributed by atoms with Gasteiger partial charge in [-0.2, -0.15) is 0 Å². The number of pyridine rings is 1. The molecular weight excluding hydrogens is 238 g/mol. The van der Waals surface area contributed by atoms with Crippen LogP contribution in [0.15, 0.2) is 18.3 Å². The molecule has 4 nitrogen and oxygen atoms in total. The number of methoxy groups -OCH3 is 1. The monoisotopic (exact) mass is 263 g/mol. The summed E-state index contributed by atoms with van der Waals surface area (Å²) in [4.78, 5) is 4.19. The number of aromatic nitrogens is 1. The van der Waals surface area contributed by atoms with Crippen LogP contribution in [-0.4, -0.2) is 25.2 Å². The standard InChI is InChI=1S/C15H25N3O/c1-17-13(12-9-6-10-18-15(12)16)14(19-2)11-7-4-3-5-8-11/h6,9-11,13-14,17H,3-5,7-8H2,1-2H3,(H2,16,18). The zero-order valence-electron chi connectivity index (χ0n) is 11.9. The Hall–Kier alpha value is -1.13. The number of nitrogens with zero attached hydrogens (tertiary/aromatic N) is 1. The molecule has 3 N–H and O–H groups in total. The predicted molar refractivity (Wildman–Crippen MR) is 77.8 cm³/mol. The van der Waals surface area contributed by atoms with Crippen LogP contribution in [-0.2, 0) is 4.74 Å². The number of nitrogen functional groups attached to an aromatic ring is 1. The highest BCUT2D eigenvalue weighted by Gasteiger charge is 2.31. The quantitative estimate of drug-likeness (QED) is 0.857. The molecule has 0 radical (unpaired) electrons. The zero-order valence-corrected chi connectivity index (χ0v) is 11.9. The van der Waals surface area contributed by atoms with E-state index in [2.05, 4.69) is 10.3 Å². The minimum absolute atomic E-state index is 0.113. The normalized spacial score (nSPS) is 20.1. The van der Waals surface area contributed by atoms with Gasteiger partial charge >= 0.3 is 0 Å². The third-order valence-corrected chi connectivity index (χ3v) is 4.23. The molecule has 1 fully saturated rings. The van der Waals surface area contributed by atoms with Crippen LogP contribution in [0.4, 0.5) is 5.82 Å². The van der Waals surface area contributed by atoms with Gasteiger partial charge < -0.3 is 15.8 Å². The van der Waals surface area contributed by atoms with Crippen LogP contribution in [0.5, 0.6) is 0 Å². The second-order valence-electron chi connectivity index (χ2n) is 5.34. The van der Waals surface area contributed by atoms with E-state index in [0.29, 0.717) is 11.7 Å². The van der Waals surface area contributed by atoms with E-state index in [1.165, 1.54) is 32.1 Å². The summed E-state index contributed by atoms with van der Waals surface area (Å²) in [7, 11) is 3.77. The summed E-state index contributed by atoms with van der Waals surface area (Å²) in [5.41, 5.74) is 7.06. The molecule has 0 aliphatic heterocycles. The second-order valence-corrected chi connectivity index (χ2v) is 5.34. The highest BCUT2D eigenvalue weighted by atomic mass is 16.5. The zero-order chi connectivity index (χ0) is 13.7. The van der Waals surface area contributed by atoms with Crippen molar-refractivity contribution in [2.45, 2.75) is 44.2 Å². The van der Waals surface area contributed by atoms with Crippen LogP contribution >= 0.6 is 0 Å². The number of likely N-dealkylation sites (N-methyl/N-ethyl adjacent to an activating group) is 1. The van der Waals surface area contributed by atoms with E-state index in [1.807, 2.05) is 19.2 Å². The third kappa shape index (κ3) is 3.25. The Kier molecular flexibility index (Phi) is 5.16.